The first-order chi connectivity index (χ1) is 8.50. The molecule has 2 rings (SSSR count). The van der Waals surface area contributed by atoms with Gasteiger partial charge in [0.05, 0.1) is 5.56 Å². The molecule has 5 heteroatoms. The first-order valence-electron chi connectivity index (χ1n) is 6.08. The van der Waals surface area contributed by atoms with Gasteiger partial charge in [0.25, 0.3) is 5.91 Å². The normalized spacial score (nSPS) is 24.0. The zero-order chi connectivity index (χ0) is 13.3. The van der Waals surface area contributed by atoms with Crippen LogP contribution in [0.2, 0.25) is 0 Å². The summed E-state index contributed by atoms with van der Waals surface area (Å²) in [5.74, 6) is 0.628. The molecule has 0 spiro atoms. The van der Waals surface area contributed by atoms with Gasteiger partial charge in [0.2, 0.25) is 0 Å². The number of hydrogen-bond donors (Lipinski definition) is 2. The first-order valence-corrected chi connectivity index (χ1v) is 7.13. The van der Waals surface area contributed by atoms with Gasteiger partial charge in [0, 0.05) is 35.0 Å². The molecule has 2 atom stereocenters. The smallest absolute Gasteiger partial charge is 0.250 e. The van der Waals surface area contributed by atoms with Crippen LogP contribution in [0.5, 0.6) is 0 Å². The summed E-state index contributed by atoms with van der Waals surface area (Å²) in [5.41, 5.74) is 13.0. The second-order valence-corrected chi connectivity index (χ2v) is 6.13. The highest BCUT2D eigenvalue weighted by molar-refractivity contribution is 8.00. The third-order valence-corrected chi connectivity index (χ3v) is 4.86. The van der Waals surface area contributed by atoms with Crippen LogP contribution >= 0.6 is 11.8 Å². The Morgan fingerprint density at radius 3 is 2.83 bits per heavy atom. The van der Waals surface area contributed by atoms with Gasteiger partial charge in [-0.25, -0.2) is 0 Å². The minimum absolute atomic E-state index is 0.408. The van der Waals surface area contributed by atoms with Crippen LogP contribution in [0.3, 0.4) is 0 Å². The van der Waals surface area contributed by atoms with E-state index in [1.807, 2.05) is 17.8 Å². The fraction of sp³-hybridized carbons (Fsp3) is 0.462. The van der Waals surface area contributed by atoms with E-state index in [4.69, 9.17) is 11.5 Å². The highest BCUT2D eigenvalue weighted by atomic mass is 32.2. The Balaban J connectivity index is 2.33. The van der Waals surface area contributed by atoms with Crippen molar-refractivity contribution < 1.29 is 4.79 Å². The largest absolute Gasteiger partial charge is 0.398 e. The van der Waals surface area contributed by atoms with Crippen LogP contribution in [0, 0.1) is 0 Å². The molecule has 1 saturated heterocycles. The summed E-state index contributed by atoms with van der Waals surface area (Å²) in [6.45, 7) is 5.42. The number of nitrogens with two attached hydrogens (primary N) is 2. The number of hydrogen-bond acceptors (Lipinski definition) is 4. The maximum Gasteiger partial charge on any atom is 0.250 e. The zero-order valence-electron chi connectivity index (χ0n) is 10.7. The van der Waals surface area contributed by atoms with Gasteiger partial charge in [-0.05, 0) is 25.1 Å². The van der Waals surface area contributed by atoms with Gasteiger partial charge >= 0.3 is 0 Å². The van der Waals surface area contributed by atoms with E-state index in [9.17, 15) is 4.79 Å². The monoisotopic (exact) mass is 265 g/mol. The molecule has 0 aromatic heterocycles. The Kier molecular flexibility index (Phi) is 3.71. The van der Waals surface area contributed by atoms with E-state index in [1.54, 1.807) is 12.1 Å². The molecule has 1 aliphatic heterocycles. The van der Waals surface area contributed by atoms with Crippen LogP contribution in [-0.2, 0) is 0 Å². The maximum absolute atomic E-state index is 11.3. The molecule has 1 amide bonds. The van der Waals surface area contributed by atoms with Crippen molar-refractivity contribution in [2.45, 2.75) is 25.1 Å². The number of rotatable bonds is 2. The number of benzene rings is 1. The van der Waals surface area contributed by atoms with E-state index in [0.29, 0.717) is 22.5 Å². The van der Waals surface area contributed by atoms with Gasteiger partial charge in [-0.3, -0.25) is 4.79 Å². The number of thioether (sulfide) groups is 1. The number of carbonyl (C=O) groups is 1. The first kappa shape index (κ1) is 13.1. The molecule has 2 unspecified atom stereocenters. The van der Waals surface area contributed by atoms with Crippen LogP contribution in [0.15, 0.2) is 18.2 Å². The van der Waals surface area contributed by atoms with Crippen molar-refractivity contribution in [2.75, 3.05) is 22.9 Å². The van der Waals surface area contributed by atoms with E-state index in [-0.39, 0.29) is 0 Å². The summed E-state index contributed by atoms with van der Waals surface area (Å²) < 4.78 is 0. The van der Waals surface area contributed by atoms with Crippen molar-refractivity contribution in [3.63, 3.8) is 0 Å². The lowest BCUT2D eigenvalue weighted by Crippen LogP contribution is -2.44. The molecule has 1 fully saturated rings. The molecule has 98 valence electrons. The Morgan fingerprint density at radius 2 is 2.17 bits per heavy atom. The molecule has 1 aliphatic rings. The number of nitrogen functional groups attached to an aromatic ring is 1. The molecule has 1 aromatic carbocycles. The molecular weight excluding hydrogens is 246 g/mol. The van der Waals surface area contributed by atoms with E-state index in [1.165, 1.54) is 0 Å². The summed E-state index contributed by atoms with van der Waals surface area (Å²) in [4.78, 5) is 13.6. The van der Waals surface area contributed by atoms with Crippen molar-refractivity contribution in [3.8, 4) is 0 Å². The maximum atomic E-state index is 11.3. The summed E-state index contributed by atoms with van der Waals surface area (Å²) >= 11 is 1.98. The molecular formula is C13H19N3OS. The lowest BCUT2D eigenvalue weighted by atomic mass is 10.1. The van der Waals surface area contributed by atoms with Crippen molar-refractivity contribution in [1.29, 1.82) is 0 Å². The molecule has 0 radical (unpaired) electrons. The second-order valence-electron chi connectivity index (χ2n) is 4.65. The average Bonchev–Trinajstić information content (AvgIpc) is 2.33. The van der Waals surface area contributed by atoms with Crippen LogP contribution in [0.4, 0.5) is 11.4 Å². The minimum Gasteiger partial charge on any atom is -0.398 e. The second kappa shape index (κ2) is 5.10. The Bertz CT molecular complexity index is 464. The van der Waals surface area contributed by atoms with Gasteiger partial charge in [-0.2, -0.15) is 11.8 Å². The molecule has 0 bridgehead atoms. The van der Waals surface area contributed by atoms with Crippen molar-refractivity contribution >= 4 is 29.0 Å². The average molecular weight is 265 g/mol. The lowest BCUT2D eigenvalue weighted by molar-refractivity contribution is 0.100. The molecule has 0 aliphatic carbocycles. The standard InChI is InChI=1S/C13H19N3OS/c1-8-9(2)18-6-5-16(8)10-3-4-12(14)11(7-10)13(15)17/h3-4,7-9H,5-6,14H2,1-2H3,(H2,15,17). The Morgan fingerprint density at radius 1 is 1.44 bits per heavy atom. The predicted molar refractivity (Wildman–Crippen MR) is 78.1 cm³/mol. The van der Waals surface area contributed by atoms with Gasteiger partial charge in [-0.1, -0.05) is 6.92 Å². The molecule has 18 heavy (non-hydrogen) atoms. The summed E-state index contributed by atoms with van der Waals surface area (Å²) in [7, 11) is 0. The predicted octanol–water partition coefficient (Wildman–Crippen LogP) is 1.70. The van der Waals surface area contributed by atoms with Crippen molar-refractivity contribution in [2.24, 2.45) is 5.73 Å². The number of anilines is 2. The molecule has 0 saturated carbocycles. The summed E-state index contributed by atoms with van der Waals surface area (Å²) in [5, 5.41) is 0.577. The van der Waals surface area contributed by atoms with Gasteiger partial charge in [0.1, 0.15) is 0 Å². The highest BCUT2D eigenvalue weighted by Gasteiger charge is 2.25. The van der Waals surface area contributed by atoms with Gasteiger partial charge in [0.15, 0.2) is 0 Å². The Hall–Kier alpha value is -1.36. The Labute approximate surface area is 112 Å². The van der Waals surface area contributed by atoms with E-state index >= 15 is 0 Å². The zero-order valence-corrected chi connectivity index (χ0v) is 11.5. The third kappa shape index (κ3) is 2.41. The van der Waals surface area contributed by atoms with Gasteiger partial charge in [-0.15, -0.1) is 0 Å². The van der Waals surface area contributed by atoms with Crippen LogP contribution in [-0.4, -0.2) is 29.5 Å². The topological polar surface area (TPSA) is 72.3 Å². The fourth-order valence-corrected chi connectivity index (χ4v) is 3.33. The minimum atomic E-state index is -0.471. The highest BCUT2D eigenvalue weighted by Crippen LogP contribution is 2.30. The molecule has 4 nitrogen and oxygen atoms in total. The molecule has 4 N–H and O–H groups in total. The van der Waals surface area contributed by atoms with Crippen LogP contribution < -0.4 is 16.4 Å². The quantitative estimate of drug-likeness (QED) is 0.798. The van der Waals surface area contributed by atoms with Crippen LogP contribution in [0.25, 0.3) is 0 Å². The van der Waals surface area contributed by atoms with Crippen LogP contribution in [0.1, 0.15) is 24.2 Å². The summed E-state index contributed by atoms with van der Waals surface area (Å²) in [6, 6.07) is 5.96. The van der Waals surface area contributed by atoms with E-state index in [0.717, 1.165) is 18.0 Å². The number of primary amides is 1. The SMILES string of the molecule is CC1SCCN(c2ccc(N)c(C(N)=O)c2)C1C. The van der Waals surface area contributed by atoms with Gasteiger partial charge < -0.3 is 16.4 Å². The fourth-order valence-electron chi connectivity index (χ4n) is 2.23. The number of nitrogens with zero attached hydrogens (tertiary/aromatic N) is 1. The number of carbonyl (C=O) groups excluding carboxylic acids is 1. The van der Waals surface area contributed by atoms with Crippen molar-refractivity contribution in [3.05, 3.63) is 23.8 Å². The number of amides is 1. The third-order valence-electron chi connectivity index (χ3n) is 3.52. The van der Waals surface area contributed by atoms with Crippen molar-refractivity contribution in [1.82, 2.24) is 0 Å². The lowest BCUT2D eigenvalue weighted by Gasteiger charge is -2.39. The van der Waals surface area contributed by atoms with E-state index in [2.05, 4.69) is 18.7 Å². The molecule has 1 aromatic rings. The summed E-state index contributed by atoms with van der Waals surface area (Å²) in [6.07, 6.45) is 0. The van der Waals surface area contributed by atoms with E-state index < -0.39 is 5.91 Å². The molecule has 1 heterocycles.